The molecule has 0 atom stereocenters. The summed E-state index contributed by atoms with van der Waals surface area (Å²) in [6.45, 7) is 0. The number of hydrogen-bond acceptors (Lipinski definition) is 4. The molecule has 0 aliphatic carbocycles. The van der Waals surface area contributed by atoms with Gasteiger partial charge in [-0.05, 0) is 12.1 Å². The molecule has 0 aliphatic heterocycles. The molecule has 0 saturated heterocycles. The summed E-state index contributed by atoms with van der Waals surface area (Å²) in [5.41, 5.74) is 7.33. The Kier molecular flexibility index (Phi) is 2.91. The minimum atomic E-state index is -0.172. The third-order valence-electron chi connectivity index (χ3n) is 3.24. The zero-order valence-electron chi connectivity index (χ0n) is 10.7. The SMILES string of the molecule is Nc1oc2ccccc2c1C(=O)Cc1ccccc1O. The molecule has 0 saturated carbocycles. The van der Waals surface area contributed by atoms with Gasteiger partial charge in [-0.15, -0.1) is 0 Å². The second-order valence-electron chi connectivity index (χ2n) is 4.57. The van der Waals surface area contributed by atoms with E-state index in [1.807, 2.05) is 12.1 Å². The number of benzene rings is 2. The van der Waals surface area contributed by atoms with E-state index in [-0.39, 0.29) is 23.8 Å². The lowest BCUT2D eigenvalue weighted by molar-refractivity contribution is 0.0994. The van der Waals surface area contributed by atoms with Crippen molar-refractivity contribution in [2.45, 2.75) is 6.42 Å². The van der Waals surface area contributed by atoms with Crippen molar-refractivity contribution in [1.29, 1.82) is 0 Å². The van der Waals surface area contributed by atoms with Crippen LogP contribution in [0.2, 0.25) is 0 Å². The molecule has 0 unspecified atom stereocenters. The first-order valence-corrected chi connectivity index (χ1v) is 6.24. The summed E-state index contributed by atoms with van der Waals surface area (Å²) in [6, 6.07) is 14.0. The van der Waals surface area contributed by atoms with Gasteiger partial charge in [-0.3, -0.25) is 4.79 Å². The molecular weight excluding hydrogens is 254 g/mol. The lowest BCUT2D eigenvalue weighted by Gasteiger charge is -2.03. The van der Waals surface area contributed by atoms with Crippen molar-refractivity contribution in [3.05, 3.63) is 59.7 Å². The fourth-order valence-electron chi connectivity index (χ4n) is 2.27. The van der Waals surface area contributed by atoms with Gasteiger partial charge in [-0.1, -0.05) is 36.4 Å². The Hall–Kier alpha value is -2.75. The monoisotopic (exact) mass is 267 g/mol. The van der Waals surface area contributed by atoms with Crippen LogP contribution >= 0.6 is 0 Å². The van der Waals surface area contributed by atoms with E-state index in [2.05, 4.69) is 0 Å². The molecule has 0 aliphatic rings. The fraction of sp³-hybridized carbons (Fsp3) is 0.0625. The molecule has 4 heteroatoms. The number of fused-ring (bicyclic) bond motifs is 1. The number of anilines is 1. The largest absolute Gasteiger partial charge is 0.508 e. The number of rotatable bonds is 3. The van der Waals surface area contributed by atoms with Crippen LogP contribution in [-0.4, -0.2) is 10.9 Å². The molecule has 2 aromatic carbocycles. The molecule has 0 amide bonds. The molecule has 3 aromatic rings. The number of ketones is 1. The quantitative estimate of drug-likeness (QED) is 0.715. The Morgan fingerprint density at radius 2 is 1.80 bits per heavy atom. The van der Waals surface area contributed by atoms with Gasteiger partial charge in [-0.2, -0.15) is 0 Å². The summed E-state index contributed by atoms with van der Waals surface area (Å²) >= 11 is 0. The van der Waals surface area contributed by atoms with Crippen molar-refractivity contribution in [3.8, 4) is 5.75 Å². The third kappa shape index (κ3) is 2.01. The highest BCUT2D eigenvalue weighted by molar-refractivity contribution is 6.11. The molecule has 0 radical (unpaired) electrons. The third-order valence-corrected chi connectivity index (χ3v) is 3.24. The average Bonchev–Trinajstić information content (AvgIpc) is 2.77. The van der Waals surface area contributed by atoms with Crippen molar-refractivity contribution >= 4 is 22.6 Å². The summed E-state index contributed by atoms with van der Waals surface area (Å²) in [7, 11) is 0. The fourth-order valence-corrected chi connectivity index (χ4v) is 2.27. The second kappa shape index (κ2) is 4.74. The first-order valence-electron chi connectivity index (χ1n) is 6.24. The summed E-state index contributed by atoms with van der Waals surface area (Å²) in [6.07, 6.45) is 0.0837. The maximum Gasteiger partial charge on any atom is 0.202 e. The van der Waals surface area contributed by atoms with Crippen LogP contribution in [-0.2, 0) is 6.42 Å². The Bertz CT molecular complexity index is 789. The van der Waals surface area contributed by atoms with E-state index in [0.29, 0.717) is 22.1 Å². The number of aromatic hydroxyl groups is 1. The van der Waals surface area contributed by atoms with Crippen LogP contribution in [0.15, 0.2) is 52.9 Å². The zero-order valence-corrected chi connectivity index (χ0v) is 10.7. The van der Waals surface area contributed by atoms with Crippen LogP contribution in [0.3, 0.4) is 0 Å². The highest BCUT2D eigenvalue weighted by Crippen LogP contribution is 2.29. The van der Waals surface area contributed by atoms with Crippen LogP contribution < -0.4 is 5.73 Å². The van der Waals surface area contributed by atoms with E-state index >= 15 is 0 Å². The van der Waals surface area contributed by atoms with Gasteiger partial charge in [0.25, 0.3) is 0 Å². The Balaban J connectivity index is 2.01. The maximum absolute atomic E-state index is 12.4. The molecule has 4 nitrogen and oxygen atoms in total. The zero-order chi connectivity index (χ0) is 14.1. The smallest absolute Gasteiger partial charge is 0.202 e. The number of phenolic OH excluding ortho intramolecular Hbond substituents is 1. The maximum atomic E-state index is 12.4. The van der Waals surface area contributed by atoms with Crippen LogP contribution in [0, 0.1) is 0 Å². The van der Waals surface area contributed by atoms with Gasteiger partial charge in [0, 0.05) is 17.4 Å². The molecule has 0 spiro atoms. The van der Waals surface area contributed by atoms with Crippen LogP contribution in [0.5, 0.6) is 5.75 Å². The van der Waals surface area contributed by atoms with Crippen LogP contribution in [0.1, 0.15) is 15.9 Å². The van der Waals surface area contributed by atoms with E-state index in [9.17, 15) is 9.90 Å². The lowest BCUT2D eigenvalue weighted by atomic mass is 10.0. The van der Waals surface area contributed by atoms with E-state index in [1.165, 1.54) is 0 Å². The number of carbonyl (C=O) groups excluding carboxylic acids is 1. The van der Waals surface area contributed by atoms with Gasteiger partial charge < -0.3 is 15.3 Å². The molecule has 1 heterocycles. The molecule has 20 heavy (non-hydrogen) atoms. The van der Waals surface area contributed by atoms with Gasteiger partial charge >= 0.3 is 0 Å². The van der Waals surface area contributed by atoms with Crippen molar-refractivity contribution in [2.24, 2.45) is 0 Å². The van der Waals surface area contributed by atoms with E-state index < -0.39 is 0 Å². The molecule has 3 N–H and O–H groups in total. The highest BCUT2D eigenvalue weighted by Gasteiger charge is 2.19. The standard InChI is InChI=1S/C16H13NO3/c17-16-15(11-6-2-4-8-14(11)20-16)13(19)9-10-5-1-3-7-12(10)18/h1-8,18H,9,17H2. The van der Waals surface area contributed by atoms with Crippen molar-refractivity contribution in [2.75, 3.05) is 5.73 Å². The predicted molar refractivity (Wildman–Crippen MR) is 76.8 cm³/mol. The van der Waals surface area contributed by atoms with Crippen molar-refractivity contribution in [1.82, 2.24) is 0 Å². The number of nitrogen functional groups attached to an aromatic ring is 1. The van der Waals surface area contributed by atoms with Gasteiger partial charge in [0.1, 0.15) is 11.3 Å². The van der Waals surface area contributed by atoms with Gasteiger partial charge in [0.05, 0.1) is 5.56 Å². The van der Waals surface area contributed by atoms with Gasteiger partial charge in [-0.25, -0.2) is 0 Å². The first-order chi connectivity index (χ1) is 9.66. The van der Waals surface area contributed by atoms with Gasteiger partial charge in [0.15, 0.2) is 5.78 Å². The highest BCUT2D eigenvalue weighted by atomic mass is 16.3. The summed E-state index contributed by atoms with van der Waals surface area (Å²) < 4.78 is 5.38. The Morgan fingerprint density at radius 1 is 1.10 bits per heavy atom. The molecule has 0 bridgehead atoms. The van der Waals surface area contributed by atoms with Crippen molar-refractivity contribution in [3.63, 3.8) is 0 Å². The number of Topliss-reactive ketones (excluding diaryl/α,β-unsaturated/α-hetero) is 1. The molecule has 0 fully saturated rings. The number of furan rings is 1. The van der Waals surface area contributed by atoms with E-state index in [0.717, 1.165) is 0 Å². The molecule has 3 rings (SSSR count). The number of carbonyl (C=O) groups is 1. The summed E-state index contributed by atoms with van der Waals surface area (Å²) in [5.74, 6) is 0.0489. The number of hydrogen-bond donors (Lipinski definition) is 2. The lowest BCUT2D eigenvalue weighted by Crippen LogP contribution is -2.05. The Morgan fingerprint density at radius 3 is 2.60 bits per heavy atom. The van der Waals surface area contributed by atoms with E-state index in [4.69, 9.17) is 10.2 Å². The van der Waals surface area contributed by atoms with Crippen LogP contribution in [0.4, 0.5) is 5.88 Å². The summed E-state index contributed by atoms with van der Waals surface area (Å²) in [5, 5.41) is 10.4. The minimum absolute atomic E-state index is 0.0837. The molecular formula is C16H13NO3. The Labute approximate surface area is 115 Å². The second-order valence-corrected chi connectivity index (χ2v) is 4.57. The van der Waals surface area contributed by atoms with Gasteiger partial charge in [0.2, 0.25) is 5.88 Å². The van der Waals surface area contributed by atoms with Crippen molar-refractivity contribution < 1.29 is 14.3 Å². The normalized spacial score (nSPS) is 10.8. The predicted octanol–water partition coefficient (Wildman–Crippen LogP) is 3.15. The topological polar surface area (TPSA) is 76.5 Å². The summed E-state index contributed by atoms with van der Waals surface area (Å²) in [4.78, 5) is 12.4. The van der Waals surface area contributed by atoms with E-state index in [1.54, 1.807) is 36.4 Å². The first kappa shape index (κ1) is 12.3. The minimum Gasteiger partial charge on any atom is -0.508 e. The number of nitrogens with two attached hydrogens (primary N) is 1. The number of phenols is 1. The molecule has 1 aromatic heterocycles. The number of para-hydroxylation sites is 2. The molecule has 100 valence electrons. The average molecular weight is 267 g/mol. The van der Waals surface area contributed by atoms with Crippen LogP contribution in [0.25, 0.3) is 11.0 Å².